The lowest BCUT2D eigenvalue weighted by Crippen LogP contribution is -2.14. The fourth-order valence-corrected chi connectivity index (χ4v) is 3.03. The first-order valence-corrected chi connectivity index (χ1v) is 10.6. The van der Waals surface area contributed by atoms with Crippen molar-refractivity contribution < 1.29 is 37.3 Å². The van der Waals surface area contributed by atoms with Gasteiger partial charge in [0.05, 0.1) is 38.8 Å². The maximum Gasteiger partial charge on any atom is 0.344 e. The highest BCUT2D eigenvalue weighted by Crippen LogP contribution is 2.32. The van der Waals surface area contributed by atoms with E-state index in [1.54, 1.807) is 25.1 Å². The molecule has 3 aromatic rings. The van der Waals surface area contributed by atoms with Crippen molar-refractivity contribution in [1.82, 2.24) is 9.97 Å². The van der Waals surface area contributed by atoms with Crippen LogP contribution in [-0.4, -0.2) is 43.4 Å². The lowest BCUT2D eigenvalue weighted by atomic mass is 10.1. The van der Waals surface area contributed by atoms with Gasteiger partial charge in [0, 0.05) is 11.8 Å². The largest absolute Gasteiger partial charge is 0.494 e. The Balaban J connectivity index is 1.62. The average Bonchev–Trinajstić information content (AvgIpc) is 2.85. The summed E-state index contributed by atoms with van der Waals surface area (Å²) in [6.07, 6.45) is 2.73. The molecule has 1 N–H and O–H groups in total. The number of aryl methyl sites for hydroxylation is 1. The first-order valence-electron chi connectivity index (χ1n) is 10.6. The van der Waals surface area contributed by atoms with Gasteiger partial charge in [-0.3, -0.25) is 0 Å². The van der Waals surface area contributed by atoms with E-state index < -0.39 is 24.2 Å². The topological polar surface area (TPSA) is 101 Å². The number of esters is 1. The summed E-state index contributed by atoms with van der Waals surface area (Å²) in [7, 11) is 2.54. The number of rotatable bonds is 11. The molecule has 0 aliphatic rings. The Hall–Kier alpha value is -4.15. The second-order valence-electron chi connectivity index (χ2n) is 7.12. The van der Waals surface area contributed by atoms with Crippen LogP contribution in [0, 0.1) is 18.6 Å². The van der Waals surface area contributed by atoms with E-state index in [2.05, 4.69) is 15.3 Å². The van der Waals surface area contributed by atoms with Gasteiger partial charge in [-0.15, -0.1) is 0 Å². The summed E-state index contributed by atoms with van der Waals surface area (Å²) in [6, 6.07) is 6.37. The Bertz CT molecular complexity index is 1150. The number of carbonyl (C=O) groups is 1. The lowest BCUT2D eigenvalue weighted by Gasteiger charge is -2.13. The number of carbonyl (C=O) groups excluding carboxylic acids is 1. The van der Waals surface area contributed by atoms with Crippen molar-refractivity contribution in [2.24, 2.45) is 0 Å². The SMILES string of the molecule is CCOC(=O)COc1ccc(Nc2ncc(OCc3c(F)c(OC)cc(OC)c3F)cn2)cc1C. The van der Waals surface area contributed by atoms with Crippen molar-refractivity contribution in [3.8, 4) is 23.0 Å². The Morgan fingerprint density at radius 2 is 1.63 bits per heavy atom. The predicted octanol–water partition coefficient (Wildman–Crippen LogP) is 4.34. The smallest absolute Gasteiger partial charge is 0.344 e. The molecule has 0 aliphatic carbocycles. The summed E-state index contributed by atoms with van der Waals surface area (Å²) in [5.74, 6) is -1.50. The molecule has 2 aromatic carbocycles. The number of nitrogens with one attached hydrogen (secondary N) is 1. The van der Waals surface area contributed by atoms with Gasteiger partial charge in [0.15, 0.2) is 35.5 Å². The molecule has 1 heterocycles. The summed E-state index contributed by atoms with van der Waals surface area (Å²) in [4.78, 5) is 19.8. The Morgan fingerprint density at radius 1 is 0.971 bits per heavy atom. The average molecular weight is 489 g/mol. The number of hydrogen-bond acceptors (Lipinski definition) is 9. The third-order valence-electron chi connectivity index (χ3n) is 4.76. The van der Waals surface area contributed by atoms with Gasteiger partial charge in [0.2, 0.25) is 5.95 Å². The highest BCUT2D eigenvalue weighted by molar-refractivity contribution is 5.71. The van der Waals surface area contributed by atoms with Crippen molar-refractivity contribution in [1.29, 1.82) is 0 Å². The first-order chi connectivity index (χ1) is 16.9. The summed E-state index contributed by atoms with van der Waals surface area (Å²) in [5, 5.41) is 3.03. The Labute approximate surface area is 201 Å². The molecular weight excluding hydrogens is 464 g/mol. The molecule has 35 heavy (non-hydrogen) atoms. The molecule has 3 rings (SSSR count). The molecule has 0 bridgehead atoms. The normalized spacial score (nSPS) is 10.5. The van der Waals surface area contributed by atoms with Crippen LogP contribution in [0.5, 0.6) is 23.0 Å². The molecule has 9 nitrogen and oxygen atoms in total. The summed E-state index contributed by atoms with van der Waals surface area (Å²) < 4.78 is 54.5. The Kier molecular flexibility index (Phi) is 8.60. The van der Waals surface area contributed by atoms with E-state index in [4.69, 9.17) is 23.7 Å². The van der Waals surface area contributed by atoms with Gasteiger partial charge in [0.25, 0.3) is 0 Å². The van der Waals surface area contributed by atoms with Crippen LogP contribution in [-0.2, 0) is 16.1 Å². The number of aromatic nitrogens is 2. The number of benzene rings is 2. The van der Waals surface area contributed by atoms with Crippen LogP contribution < -0.4 is 24.3 Å². The molecule has 0 atom stereocenters. The minimum absolute atomic E-state index is 0.162. The fourth-order valence-electron chi connectivity index (χ4n) is 3.03. The molecule has 1 aromatic heterocycles. The van der Waals surface area contributed by atoms with Gasteiger partial charge in [-0.05, 0) is 37.6 Å². The van der Waals surface area contributed by atoms with E-state index in [-0.39, 0.29) is 42.0 Å². The number of methoxy groups -OCH3 is 2. The summed E-state index contributed by atoms with van der Waals surface area (Å²) in [6.45, 7) is 3.24. The van der Waals surface area contributed by atoms with Gasteiger partial charge in [-0.2, -0.15) is 0 Å². The maximum absolute atomic E-state index is 14.5. The van der Waals surface area contributed by atoms with Crippen LogP contribution in [0.25, 0.3) is 0 Å². The standard InChI is InChI=1S/C24H25F2N3O6/c1-5-33-21(30)13-35-18-7-6-15(8-14(18)2)29-24-27-10-16(11-28-24)34-12-17-22(25)19(31-3)9-20(32-4)23(17)26/h6-11H,5,12-13H2,1-4H3,(H,27,28,29). The highest BCUT2D eigenvalue weighted by Gasteiger charge is 2.20. The van der Waals surface area contributed by atoms with E-state index in [1.165, 1.54) is 26.6 Å². The van der Waals surface area contributed by atoms with Gasteiger partial charge in [-0.1, -0.05) is 0 Å². The van der Waals surface area contributed by atoms with Crippen molar-refractivity contribution >= 4 is 17.6 Å². The quantitative estimate of drug-likeness (QED) is 0.394. The minimum atomic E-state index is -0.880. The Morgan fingerprint density at radius 3 is 2.20 bits per heavy atom. The molecule has 0 aliphatic heterocycles. The molecule has 0 spiro atoms. The number of ether oxygens (including phenoxy) is 5. The second kappa shape index (κ2) is 11.8. The minimum Gasteiger partial charge on any atom is -0.494 e. The molecule has 0 unspecified atom stereocenters. The van der Waals surface area contributed by atoms with Crippen molar-refractivity contribution in [2.75, 3.05) is 32.8 Å². The molecule has 0 saturated heterocycles. The van der Waals surface area contributed by atoms with Gasteiger partial charge in [0.1, 0.15) is 12.4 Å². The lowest BCUT2D eigenvalue weighted by molar-refractivity contribution is -0.145. The van der Waals surface area contributed by atoms with Crippen molar-refractivity contribution in [3.63, 3.8) is 0 Å². The third-order valence-corrected chi connectivity index (χ3v) is 4.76. The van der Waals surface area contributed by atoms with Gasteiger partial charge < -0.3 is 29.0 Å². The number of halogens is 2. The van der Waals surface area contributed by atoms with Gasteiger partial charge >= 0.3 is 5.97 Å². The fraction of sp³-hybridized carbons (Fsp3) is 0.292. The number of anilines is 2. The van der Waals surface area contributed by atoms with Crippen LogP contribution in [0.4, 0.5) is 20.4 Å². The third kappa shape index (κ3) is 6.46. The molecule has 11 heteroatoms. The molecular formula is C24H25F2N3O6. The van der Waals surface area contributed by atoms with Crippen LogP contribution in [0.3, 0.4) is 0 Å². The van der Waals surface area contributed by atoms with E-state index in [1.807, 2.05) is 6.92 Å². The van der Waals surface area contributed by atoms with E-state index >= 15 is 0 Å². The second-order valence-corrected chi connectivity index (χ2v) is 7.12. The van der Waals surface area contributed by atoms with Crippen LogP contribution in [0.2, 0.25) is 0 Å². The zero-order chi connectivity index (χ0) is 25.4. The van der Waals surface area contributed by atoms with E-state index in [0.29, 0.717) is 11.4 Å². The summed E-state index contributed by atoms with van der Waals surface area (Å²) >= 11 is 0. The summed E-state index contributed by atoms with van der Waals surface area (Å²) in [5.41, 5.74) is 1.13. The number of hydrogen-bond donors (Lipinski definition) is 1. The highest BCUT2D eigenvalue weighted by atomic mass is 19.1. The zero-order valence-corrected chi connectivity index (χ0v) is 19.7. The van der Waals surface area contributed by atoms with Crippen LogP contribution in [0.15, 0.2) is 36.7 Å². The molecule has 186 valence electrons. The molecule has 0 radical (unpaired) electrons. The van der Waals surface area contributed by atoms with Crippen LogP contribution in [0.1, 0.15) is 18.1 Å². The molecule has 0 fully saturated rings. The van der Waals surface area contributed by atoms with Gasteiger partial charge in [-0.25, -0.2) is 23.5 Å². The van der Waals surface area contributed by atoms with Crippen LogP contribution >= 0.6 is 0 Å². The van der Waals surface area contributed by atoms with E-state index in [0.717, 1.165) is 11.6 Å². The van der Waals surface area contributed by atoms with Crippen molar-refractivity contribution in [2.45, 2.75) is 20.5 Å². The maximum atomic E-state index is 14.5. The van der Waals surface area contributed by atoms with Crippen molar-refractivity contribution in [3.05, 3.63) is 59.4 Å². The van der Waals surface area contributed by atoms with E-state index in [9.17, 15) is 13.6 Å². The monoisotopic (exact) mass is 489 g/mol. The molecule has 0 amide bonds. The first kappa shape index (κ1) is 25.5. The zero-order valence-electron chi connectivity index (χ0n) is 19.7. The molecule has 0 saturated carbocycles. The number of nitrogens with zero attached hydrogens (tertiary/aromatic N) is 2. The predicted molar refractivity (Wildman–Crippen MR) is 122 cm³/mol.